The molecule has 1 heterocycles. The Bertz CT molecular complexity index is 1300. The van der Waals surface area contributed by atoms with E-state index in [0.29, 0.717) is 24.6 Å². The Balaban J connectivity index is 1.38. The summed E-state index contributed by atoms with van der Waals surface area (Å²) in [5, 5.41) is 2.91. The number of nitrogens with one attached hydrogen (secondary N) is 1. The van der Waals surface area contributed by atoms with Crippen LogP contribution in [0.5, 0.6) is 5.75 Å². The summed E-state index contributed by atoms with van der Waals surface area (Å²) in [5.41, 5.74) is 4.79. The number of hydrogen-bond donors (Lipinski definition) is 1. The number of halogens is 1. The van der Waals surface area contributed by atoms with E-state index in [9.17, 15) is 9.18 Å². The van der Waals surface area contributed by atoms with Gasteiger partial charge in [0, 0.05) is 12.1 Å². The number of aryl methyl sites for hydroxylation is 2. The number of carbonyl (C=O) groups is 1. The highest BCUT2D eigenvalue weighted by molar-refractivity contribution is 5.94. The zero-order valence-corrected chi connectivity index (χ0v) is 20.6. The second-order valence-corrected chi connectivity index (χ2v) is 9.11. The average molecular weight is 474 g/mol. The fourth-order valence-electron chi connectivity index (χ4n) is 4.17. The molecule has 0 saturated heterocycles. The summed E-state index contributed by atoms with van der Waals surface area (Å²) in [5.74, 6) is 1.56. The number of nitrogens with zero attached hydrogens (tertiary/aromatic N) is 2. The van der Waals surface area contributed by atoms with Gasteiger partial charge in [-0.3, -0.25) is 4.79 Å². The first-order chi connectivity index (χ1) is 16.9. The van der Waals surface area contributed by atoms with Gasteiger partial charge in [-0.1, -0.05) is 38.1 Å². The third-order valence-electron chi connectivity index (χ3n) is 6.07. The molecule has 0 aliphatic carbocycles. The van der Waals surface area contributed by atoms with Gasteiger partial charge >= 0.3 is 0 Å². The summed E-state index contributed by atoms with van der Waals surface area (Å²) in [7, 11) is 0. The molecule has 0 aliphatic rings. The van der Waals surface area contributed by atoms with Gasteiger partial charge in [0.25, 0.3) is 5.91 Å². The van der Waals surface area contributed by atoms with E-state index in [0.717, 1.165) is 42.0 Å². The van der Waals surface area contributed by atoms with Gasteiger partial charge in [0.05, 0.1) is 24.2 Å². The molecule has 0 saturated carbocycles. The molecule has 1 N–H and O–H groups in total. The van der Waals surface area contributed by atoms with Crippen LogP contribution in [0.2, 0.25) is 0 Å². The van der Waals surface area contributed by atoms with E-state index < -0.39 is 0 Å². The largest absolute Gasteiger partial charge is 0.493 e. The number of aromatic nitrogens is 2. The van der Waals surface area contributed by atoms with Gasteiger partial charge in [-0.2, -0.15) is 0 Å². The maximum atomic E-state index is 13.2. The van der Waals surface area contributed by atoms with E-state index in [1.54, 1.807) is 0 Å². The normalized spacial score (nSPS) is 11.2. The average Bonchev–Trinajstić information content (AvgIpc) is 3.20. The minimum absolute atomic E-state index is 0.254. The Morgan fingerprint density at radius 1 is 1.06 bits per heavy atom. The Morgan fingerprint density at radius 2 is 1.83 bits per heavy atom. The van der Waals surface area contributed by atoms with Gasteiger partial charge in [0.1, 0.15) is 17.4 Å². The van der Waals surface area contributed by atoms with E-state index in [4.69, 9.17) is 9.72 Å². The fourth-order valence-corrected chi connectivity index (χ4v) is 4.17. The van der Waals surface area contributed by atoms with Crippen molar-refractivity contribution in [3.05, 3.63) is 95.1 Å². The Hall–Kier alpha value is -3.67. The van der Waals surface area contributed by atoms with Gasteiger partial charge in [-0.25, -0.2) is 9.37 Å². The van der Waals surface area contributed by atoms with Crippen molar-refractivity contribution in [2.75, 3.05) is 6.61 Å². The van der Waals surface area contributed by atoms with Crippen LogP contribution in [0.3, 0.4) is 0 Å². The van der Waals surface area contributed by atoms with Crippen LogP contribution in [0, 0.1) is 12.7 Å². The molecule has 6 heteroatoms. The molecule has 0 fully saturated rings. The molecular formula is C29H32FN3O2. The summed E-state index contributed by atoms with van der Waals surface area (Å²) in [6, 6.07) is 19.9. The lowest BCUT2D eigenvalue weighted by Crippen LogP contribution is -2.24. The quantitative estimate of drug-likeness (QED) is 0.271. The Morgan fingerprint density at radius 3 is 2.60 bits per heavy atom. The molecule has 35 heavy (non-hydrogen) atoms. The molecule has 4 rings (SSSR count). The van der Waals surface area contributed by atoms with Crippen molar-refractivity contribution >= 4 is 16.9 Å². The first-order valence-corrected chi connectivity index (χ1v) is 12.1. The number of carbonyl (C=O) groups excluding carboxylic acids is 1. The van der Waals surface area contributed by atoms with E-state index in [2.05, 4.69) is 48.9 Å². The Kier molecular flexibility index (Phi) is 7.80. The number of amides is 1. The van der Waals surface area contributed by atoms with Crippen molar-refractivity contribution in [1.82, 2.24) is 14.9 Å². The van der Waals surface area contributed by atoms with E-state index >= 15 is 0 Å². The van der Waals surface area contributed by atoms with Crippen LogP contribution in [0.1, 0.15) is 59.9 Å². The molecule has 0 unspecified atom stereocenters. The third kappa shape index (κ3) is 6.07. The number of imidazole rings is 1. The Labute approximate surface area is 206 Å². The maximum absolute atomic E-state index is 13.2. The van der Waals surface area contributed by atoms with Crippen LogP contribution in [0.15, 0.2) is 66.7 Å². The van der Waals surface area contributed by atoms with Crippen LogP contribution in [0.4, 0.5) is 4.39 Å². The molecule has 0 bridgehead atoms. The number of unbranched alkanes of at least 4 members (excludes halogenated alkanes) is 1. The van der Waals surface area contributed by atoms with Crippen LogP contribution in [0.25, 0.3) is 11.0 Å². The predicted octanol–water partition coefficient (Wildman–Crippen LogP) is 6.40. The maximum Gasteiger partial charge on any atom is 0.251 e. The van der Waals surface area contributed by atoms with Gasteiger partial charge in [-0.05, 0) is 79.3 Å². The first-order valence-electron chi connectivity index (χ1n) is 12.1. The highest BCUT2D eigenvalue weighted by atomic mass is 19.1. The highest BCUT2D eigenvalue weighted by Gasteiger charge is 2.13. The number of para-hydroxylation sites is 2. The molecule has 0 radical (unpaired) electrons. The molecule has 3 aromatic carbocycles. The van der Waals surface area contributed by atoms with Gasteiger partial charge in [-0.15, -0.1) is 0 Å². The molecule has 1 amide bonds. The van der Waals surface area contributed by atoms with Gasteiger partial charge < -0.3 is 14.6 Å². The number of fused-ring (bicyclic) bond motifs is 1. The topological polar surface area (TPSA) is 56.1 Å². The summed E-state index contributed by atoms with van der Waals surface area (Å²) in [4.78, 5) is 17.2. The molecule has 5 nitrogen and oxygen atoms in total. The number of benzene rings is 3. The summed E-state index contributed by atoms with van der Waals surface area (Å²) < 4.78 is 21.5. The second kappa shape index (κ2) is 11.2. The molecule has 4 aromatic rings. The minimum Gasteiger partial charge on any atom is -0.493 e. The van der Waals surface area contributed by atoms with Crippen molar-refractivity contribution < 1.29 is 13.9 Å². The standard InChI is InChI=1S/C29H32FN3O2/c1-20(2)24-15-10-21(3)18-27(24)35-17-7-6-16-33-26-9-5-4-8-25(26)32-28(33)19-31-29(34)22-11-13-23(30)14-12-22/h4-5,8-15,18,20H,6-7,16-17,19H2,1-3H3,(H,31,34). The van der Waals surface area contributed by atoms with Crippen molar-refractivity contribution in [2.24, 2.45) is 0 Å². The smallest absolute Gasteiger partial charge is 0.251 e. The summed E-state index contributed by atoms with van der Waals surface area (Å²) in [6.45, 7) is 8.15. The number of rotatable bonds is 10. The zero-order valence-electron chi connectivity index (χ0n) is 20.6. The third-order valence-corrected chi connectivity index (χ3v) is 6.07. The molecule has 0 aliphatic heterocycles. The number of hydrogen-bond acceptors (Lipinski definition) is 3. The van der Waals surface area contributed by atoms with Crippen molar-refractivity contribution in [3.63, 3.8) is 0 Å². The van der Waals surface area contributed by atoms with Crippen molar-refractivity contribution in [2.45, 2.75) is 52.6 Å². The second-order valence-electron chi connectivity index (χ2n) is 9.11. The van der Waals surface area contributed by atoms with Crippen LogP contribution >= 0.6 is 0 Å². The lowest BCUT2D eigenvalue weighted by atomic mass is 10.0. The van der Waals surface area contributed by atoms with Crippen LogP contribution < -0.4 is 10.1 Å². The minimum atomic E-state index is -0.366. The van der Waals surface area contributed by atoms with E-state index in [-0.39, 0.29) is 11.7 Å². The lowest BCUT2D eigenvalue weighted by molar-refractivity contribution is 0.0949. The number of ether oxygens (including phenoxy) is 1. The fraction of sp³-hybridized carbons (Fsp3) is 0.310. The van der Waals surface area contributed by atoms with E-state index in [1.807, 2.05) is 24.3 Å². The molecule has 0 atom stereocenters. The monoisotopic (exact) mass is 473 g/mol. The predicted molar refractivity (Wildman–Crippen MR) is 137 cm³/mol. The summed E-state index contributed by atoms with van der Waals surface area (Å²) >= 11 is 0. The lowest BCUT2D eigenvalue weighted by Gasteiger charge is -2.15. The summed E-state index contributed by atoms with van der Waals surface area (Å²) in [6.07, 6.45) is 1.82. The van der Waals surface area contributed by atoms with Crippen molar-refractivity contribution in [3.8, 4) is 5.75 Å². The van der Waals surface area contributed by atoms with Gasteiger partial charge in [0.15, 0.2) is 0 Å². The van der Waals surface area contributed by atoms with E-state index in [1.165, 1.54) is 35.4 Å². The molecular weight excluding hydrogens is 441 g/mol. The van der Waals surface area contributed by atoms with Gasteiger partial charge in [0.2, 0.25) is 0 Å². The SMILES string of the molecule is Cc1ccc(C(C)C)c(OCCCCn2c(CNC(=O)c3ccc(F)cc3)nc3ccccc32)c1. The molecule has 182 valence electrons. The van der Waals surface area contributed by atoms with Crippen molar-refractivity contribution in [1.29, 1.82) is 0 Å². The molecule has 1 aromatic heterocycles. The molecule has 0 spiro atoms. The highest BCUT2D eigenvalue weighted by Crippen LogP contribution is 2.27. The van der Waals surface area contributed by atoms with Crippen LogP contribution in [-0.2, 0) is 13.1 Å². The first kappa shape index (κ1) is 24.5. The van der Waals surface area contributed by atoms with Crippen LogP contribution in [-0.4, -0.2) is 22.1 Å². The zero-order chi connectivity index (χ0) is 24.8.